The van der Waals surface area contributed by atoms with Gasteiger partial charge in [0.15, 0.2) is 0 Å². The Morgan fingerprint density at radius 2 is 1.74 bits per heavy atom. The normalized spacial score (nSPS) is 14.8. The van der Waals surface area contributed by atoms with E-state index in [4.69, 9.17) is 10.1 Å². The fraction of sp³-hybridized carbons (Fsp3) is 0.143. The number of anilines is 2. The van der Waals surface area contributed by atoms with Crippen molar-refractivity contribution in [3.8, 4) is 0 Å². The monoisotopic (exact) mass is 568 g/mol. The molecule has 3 heterocycles. The van der Waals surface area contributed by atoms with Gasteiger partial charge in [-0.1, -0.05) is 24.3 Å². The van der Waals surface area contributed by atoms with Crippen molar-refractivity contribution in [2.75, 3.05) is 10.6 Å². The molecule has 8 heteroatoms. The highest BCUT2D eigenvalue weighted by Gasteiger charge is 2.27. The van der Waals surface area contributed by atoms with Crippen molar-refractivity contribution in [3.05, 3.63) is 124 Å². The maximum atomic E-state index is 13.2. The number of fused-ring (bicyclic) bond motifs is 3. The predicted octanol–water partition coefficient (Wildman–Crippen LogP) is 6.48. The number of nitrogens with zero attached hydrogens (tertiary/aromatic N) is 1. The predicted molar refractivity (Wildman–Crippen MR) is 166 cm³/mol. The van der Waals surface area contributed by atoms with Gasteiger partial charge in [0.2, 0.25) is 0 Å². The van der Waals surface area contributed by atoms with Crippen molar-refractivity contribution < 1.29 is 19.5 Å². The van der Waals surface area contributed by atoms with Crippen LogP contribution in [0, 0.1) is 0 Å². The summed E-state index contributed by atoms with van der Waals surface area (Å²) in [5.74, 6) is -1.63. The molecule has 212 valence electrons. The lowest BCUT2D eigenvalue weighted by atomic mass is 9.91. The topological polar surface area (TPSA) is 124 Å². The van der Waals surface area contributed by atoms with Gasteiger partial charge in [-0.05, 0) is 96.8 Å². The minimum atomic E-state index is -1.05. The number of carbonyl (C=O) groups excluding carboxylic acids is 2. The van der Waals surface area contributed by atoms with Gasteiger partial charge in [-0.15, -0.1) is 0 Å². The SMILES string of the molecule is O=C1Nc2ccc(NC(=O)c3ccc(C(=O)O)cc3)cc2C1=Cc1[nH]c2c(c1Cc1nccc3ccccc13)CCCC2. The average molecular weight is 569 g/mol. The second-order valence-corrected chi connectivity index (χ2v) is 10.9. The highest BCUT2D eigenvalue weighted by molar-refractivity contribution is 6.35. The van der Waals surface area contributed by atoms with Crippen LogP contribution in [0.5, 0.6) is 0 Å². The molecule has 5 aromatic rings. The van der Waals surface area contributed by atoms with E-state index in [2.05, 4.69) is 27.8 Å². The van der Waals surface area contributed by atoms with Crippen LogP contribution >= 0.6 is 0 Å². The molecule has 4 N–H and O–H groups in total. The Balaban J connectivity index is 1.24. The van der Waals surface area contributed by atoms with Gasteiger partial charge >= 0.3 is 5.97 Å². The van der Waals surface area contributed by atoms with E-state index in [0.717, 1.165) is 47.8 Å². The fourth-order valence-corrected chi connectivity index (χ4v) is 6.11. The molecule has 0 fully saturated rings. The molecular weight excluding hydrogens is 540 g/mol. The van der Waals surface area contributed by atoms with E-state index in [9.17, 15) is 14.4 Å². The lowest BCUT2D eigenvalue weighted by Crippen LogP contribution is -2.12. The zero-order valence-corrected chi connectivity index (χ0v) is 23.2. The van der Waals surface area contributed by atoms with Gasteiger partial charge in [0.05, 0.1) is 16.8 Å². The van der Waals surface area contributed by atoms with Crippen LogP contribution in [0.3, 0.4) is 0 Å². The molecule has 2 aliphatic rings. The number of aromatic amines is 1. The summed E-state index contributed by atoms with van der Waals surface area (Å²) >= 11 is 0. The summed E-state index contributed by atoms with van der Waals surface area (Å²) < 4.78 is 0. The number of hydrogen-bond donors (Lipinski definition) is 4. The van der Waals surface area contributed by atoms with Crippen LogP contribution in [-0.4, -0.2) is 32.9 Å². The number of carboxylic acid groups (broad SMARTS) is 1. The van der Waals surface area contributed by atoms with Crippen molar-refractivity contribution in [2.24, 2.45) is 0 Å². The number of amides is 2. The van der Waals surface area contributed by atoms with Gasteiger partial charge in [0, 0.05) is 51.9 Å². The van der Waals surface area contributed by atoms with Crippen LogP contribution in [0.15, 0.2) is 79.0 Å². The van der Waals surface area contributed by atoms with Crippen LogP contribution in [0.4, 0.5) is 11.4 Å². The molecule has 43 heavy (non-hydrogen) atoms. The molecule has 0 atom stereocenters. The van der Waals surface area contributed by atoms with Gasteiger partial charge in [-0.3, -0.25) is 14.6 Å². The number of aromatic carboxylic acids is 1. The molecule has 0 bridgehead atoms. The summed E-state index contributed by atoms with van der Waals surface area (Å²) in [5, 5.41) is 17.2. The van der Waals surface area contributed by atoms with Crippen LogP contribution in [0.2, 0.25) is 0 Å². The van der Waals surface area contributed by atoms with Gasteiger partial charge in [-0.2, -0.15) is 0 Å². The summed E-state index contributed by atoms with van der Waals surface area (Å²) in [7, 11) is 0. The van der Waals surface area contributed by atoms with Crippen LogP contribution < -0.4 is 10.6 Å². The lowest BCUT2D eigenvalue weighted by molar-refractivity contribution is -0.110. The zero-order chi connectivity index (χ0) is 29.5. The van der Waals surface area contributed by atoms with Crippen molar-refractivity contribution >= 4 is 51.6 Å². The Morgan fingerprint density at radius 1 is 0.953 bits per heavy atom. The number of nitrogens with one attached hydrogen (secondary N) is 3. The number of carboxylic acids is 1. The number of aryl methyl sites for hydroxylation is 1. The number of pyridine rings is 1. The molecule has 2 amide bonds. The van der Waals surface area contributed by atoms with E-state index in [1.807, 2.05) is 30.5 Å². The maximum absolute atomic E-state index is 13.2. The number of rotatable bonds is 6. The van der Waals surface area contributed by atoms with E-state index in [1.54, 1.807) is 18.2 Å². The summed E-state index contributed by atoms with van der Waals surface area (Å²) in [4.78, 5) is 45.6. The molecule has 1 aliphatic heterocycles. The smallest absolute Gasteiger partial charge is 0.335 e. The van der Waals surface area contributed by atoms with E-state index in [1.165, 1.54) is 41.1 Å². The largest absolute Gasteiger partial charge is 0.478 e. The maximum Gasteiger partial charge on any atom is 0.335 e. The third-order valence-electron chi connectivity index (χ3n) is 8.29. The van der Waals surface area contributed by atoms with Gasteiger partial charge in [-0.25, -0.2) is 4.79 Å². The Morgan fingerprint density at radius 3 is 2.58 bits per heavy atom. The molecule has 3 aromatic carbocycles. The van der Waals surface area contributed by atoms with Crippen LogP contribution in [0.25, 0.3) is 22.4 Å². The van der Waals surface area contributed by atoms with Crippen molar-refractivity contribution in [1.29, 1.82) is 0 Å². The Hall–Kier alpha value is -5.50. The number of carbonyl (C=O) groups is 3. The standard InChI is InChI=1S/C35H28N4O4/c40-33(21-9-11-22(12-10-21)35(42)43)37-23-13-14-30-26(17-23)28(34(41)39-30)19-32-27(25-7-3-4-8-29(25)38-32)18-31-24-6-2-1-5-20(24)15-16-36-31/h1-2,5-6,9-17,19,38H,3-4,7-8,18H2,(H,37,40)(H,39,41)(H,42,43). The first kappa shape index (κ1) is 26.4. The molecule has 0 radical (unpaired) electrons. The van der Waals surface area contributed by atoms with E-state index in [0.29, 0.717) is 34.5 Å². The van der Waals surface area contributed by atoms with Crippen molar-refractivity contribution in [2.45, 2.75) is 32.1 Å². The first-order valence-electron chi connectivity index (χ1n) is 14.3. The van der Waals surface area contributed by atoms with Crippen LogP contribution in [0.1, 0.15) is 67.3 Å². The van der Waals surface area contributed by atoms with Crippen molar-refractivity contribution in [1.82, 2.24) is 9.97 Å². The highest BCUT2D eigenvalue weighted by Crippen LogP contribution is 2.37. The fourth-order valence-electron chi connectivity index (χ4n) is 6.11. The quantitative estimate of drug-likeness (QED) is 0.175. The zero-order valence-electron chi connectivity index (χ0n) is 23.2. The number of hydrogen-bond acceptors (Lipinski definition) is 4. The van der Waals surface area contributed by atoms with Crippen LogP contribution in [-0.2, 0) is 24.1 Å². The van der Waals surface area contributed by atoms with Gasteiger partial charge < -0.3 is 20.7 Å². The Labute approximate surface area is 247 Å². The molecule has 1 aliphatic carbocycles. The van der Waals surface area contributed by atoms with Crippen molar-refractivity contribution in [3.63, 3.8) is 0 Å². The third-order valence-corrected chi connectivity index (χ3v) is 8.29. The average Bonchev–Trinajstić information content (AvgIpc) is 3.53. The summed E-state index contributed by atoms with van der Waals surface area (Å²) in [5.41, 5.74) is 8.48. The molecule has 0 spiro atoms. The molecule has 7 rings (SSSR count). The molecule has 0 saturated heterocycles. The van der Waals surface area contributed by atoms with Gasteiger partial charge in [0.25, 0.3) is 11.8 Å². The van der Waals surface area contributed by atoms with Gasteiger partial charge in [0.1, 0.15) is 0 Å². The molecule has 0 saturated carbocycles. The minimum Gasteiger partial charge on any atom is -0.478 e. The summed E-state index contributed by atoms with van der Waals surface area (Å²) in [6, 6.07) is 21.3. The first-order chi connectivity index (χ1) is 20.9. The second-order valence-electron chi connectivity index (χ2n) is 10.9. The Bertz CT molecular complexity index is 1970. The minimum absolute atomic E-state index is 0.107. The third kappa shape index (κ3) is 4.97. The number of benzene rings is 3. The van der Waals surface area contributed by atoms with E-state index >= 15 is 0 Å². The number of H-pyrrole nitrogens is 1. The first-order valence-corrected chi connectivity index (χ1v) is 14.3. The summed E-state index contributed by atoms with van der Waals surface area (Å²) in [6.07, 6.45) is 8.64. The molecular formula is C35H28N4O4. The highest BCUT2D eigenvalue weighted by atomic mass is 16.4. The molecule has 0 unspecified atom stereocenters. The van der Waals surface area contributed by atoms with E-state index < -0.39 is 5.97 Å². The Kier molecular flexibility index (Phi) is 6.58. The number of aromatic nitrogens is 2. The lowest BCUT2D eigenvalue weighted by Gasteiger charge is -2.13. The second kappa shape index (κ2) is 10.7. The molecule has 2 aromatic heterocycles. The van der Waals surface area contributed by atoms with E-state index in [-0.39, 0.29) is 17.4 Å². The molecule has 8 nitrogen and oxygen atoms in total. The summed E-state index contributed by atoms with van der Waals surface area (Å²) in [6.45, 7) is 0.